The van der Waals surface area contributed by atoms with E-state index in [4.69, 9.17) is 27.8 Å². The van der Waals surface area contributed by atoms with Crippen LogP contribution in [-0.4, -0.2) is 119 Å². The Bertz CT molecular complexity index is 2230. The van der Waals surface area contributed by atoms with E-state index in [9.17, 15) is 60.7 Å². The van der Waals surface area contributed by atoms with Gasteiger partial charge in [0.05, 0.1) is 12.7 Å². The monoisotopic (exact) mass is 756 g/mol. The summed E-state index contributed by atoms with van der Waals surface area (Å²) in [5.74, 6) is -3.33. The minimum Gasteiger partial charge on any atom is -0.508 e. The fourth-order valence-electron chi connectivity index (χ4n) is 5.85. The lowest BCUT2D eigenvalue weighted by molar-refractivity contribution is -0.318. The van der Waals surface area contributed by atoms with Gasteiger partial charge in [-0.3, -0.25) is 4.79 Å². The molecule has 2 saturated heterocycles. The Morgan fingerprint density at radius 2 is 1.35 bits per heavy atom. The molecule has 5 aromatic rings. The van der Waals surface area contributed by atoms with Gasteiger partial charge in [-0.15, -0.1) is 0 Å². The molecule has 0 saturated carbocycles. The lowest BCUT2D eigenvalue weighted by Gasteiger charge is -2.42. The average molecular weight is 757 g/mol. The van der Waals surface area contributed by atoms with Crippen LogP contribution in [0.15, 0.2) is 85.2 Å². The summed E-state index contributed by atoms with van der Waals surface area (Å²) in [7, 11) is 0. The fraction of sp³-hybridized carbons (Fsp3) is 0.333. The largest absolute Gasteiger partial charge is 0.508 e. The number of benzene rings is 3. The highest BCUT2D eigenvalue weighted by atomic mass is 16.7. The zero-order valence-corrected chi connectivity index (χ0v) is 28.1. The van der Waals surface area contributed by atoms with Crippen LogP contribution < -0.4 is 15.8 Å². The molecule has 2 aliphatic heterocycles. The van der Waals surface area contributed by atoms with Crippen LogP contribution in [-0.2, 0) is 14.2 Å². The molecule has 288 valence electrons. The van der Waals surface area contributed by atoms with Crippen molar-refractivity contribution in [1.29, 1.82) is 0 Å². The number of hydrogen-bond donors (Lipinski definition) is 10. The van der Waals surface area contributed by atoms with Crippen LogP contribution in [0.3, 0.4) is 0 Å². The summed E-state index contributed by atoms with van der Waals surface area (Å²) in [4.78, 5) is 24.3. The molecule has 2 aromatic heterocycles. The number of phenols is 4. The van der Waals surface area contributed by atoms with E-state index in [1.165, 1.54) is 19.1 Å². The molecule has 0 bridgehead atoms. The van der Waals surface area contributed by atoms with Crippen molar-refractivity contribution in [3.63, 3.8) is 0 Å². The second kappa shape index (κ2) is 15.6. The molecule has 18 heteroatoms. The van der Waals surface area contributed by atoms with Crippen molar-refractivity contribution in [3.05, 3.63) is 87.4 Å². The van der Waals surface area contributed by atoms with E-state index >= 15 is 0 Å². The van der Waals surface area contributed by atoms with Gasteiger partial charge in [-0.1, -0.05) is 18.2 Å². The van der Waals surface area contributed by atoms with Crippen LogP contribution >= 0.6 is 0 Å². The maximum atomic E-state index is 13.6. The molecular weight excluding hydrogens is 720 g/mol. The van der Waals surface area contributed by atoms with E-state index in [1.54, 1.807) is 12.1 Å². The zero-order valence-electron chi connectivity index (χ0n) is 28.1. The van der Waals surface area contributed by atoms with Crippen molar-refractivity contribution in [2.75, 3.05) is 6.61 Å². The molecule has 0 amide bonds. The summed E-state index contributed by atoms with van der Waals surface area (Å²) >= 11 is 0. The minimum atomic E-state index is -1.97. The summed E-state index contributed by atoms with van der Waals surface area (Å²) in [6, 6.07) is 15.8. The number of para-hydroxylation sites is 1. The Kier molecular flexibility index (Phi) is 11.1. The smallest absolute Gasteiger partial charge is 0.336 e. The molecule has 0 unspecified atom stereocenters. The Hall–Kier alpha value is -5.28. The maximum absolute atomic E-state index is 13.6. The molecule has 4 heterocycles. The minimum absolute atomic E-state index is 0.0313. The van der Waals surface area contributed by atoms with Gasteiger partial charge in [-0.05, 0) is 37.3 Å². The fourth-order valence-corrected chi connectivity index (χ4v) is 5.85. The second-order valence-corrected chi connectivity index (χ2v) is 12.6. The Morgan fingerprint density at radius 3 is 2.09 bits per heavy atom. The summed E-state index contributed by atoms with van der Waals surface area (Å²) < 4.78 is 32.7. The molecule has 10 N–H and O–H groups in total. The first-order valence-electron chi connectivity index (χ1n) is 16.4. The highest BCUT2D eigenvalue weighted by Gasteiger charge is 2.48. The Labute approximate surface area is 303 Å². The highest BCUT2D eigenvalue weighted by molar-refractivity contribution is 5.88. The standard InChI is InChI=1S/C27H30O16.C9H6O2/c1-8-17(32)20(35)22(37)26(40-8)39-7-15-18(33)21(36)23(38)27(42-15)43-25-19(34)16-13(31)5-10(28)6-14(16)41-24(25)9-2-3-11(29)12(30)4-9;10-9-6-5-7-3-1-2-4-8(7)11-9/h2-6,8,15,17-18,20-23,26-33,35-38H,7H2,1H3;1-6H/t8-,15+,17-,18+,20+,21-,22+,23+,26+,27-;/m0./s1. The van der Waals surface area contributed by atoms with Gasteiger partial charge < -0.3 is 78.8 Å². The number of aliphatic hydroxyl groups excluding tert-OH is 6. The van der Waals surface area contributed by atoms with Gasteiger partial charge in [0, 0.05) is 29.1 Å². The number of aliphatic hydroxyl groups is 6. The zero-order chi connectivity index (χ0) is 39.0. The van der Waals surface area contributed by atoms with E-state index in [0.717, 1.165) is 29.7 Å². The number of phenolic OH excluding ortho intramolecular Hbond substituents is 4. The second-order valence-electron chi connectivity index (χ2n) is 12.6. The molecule has 18 nitrogen and oxygen atoms in total. The van der Waals surface area contributed by atoms with Gasteiger partial charge in [0.15, 0.2) is 23.5 Å². The van der Waals surface area contributed by atoms with Crippen molar-refractivity contribution < 1.29 is 78.8 Å². The first-order valence-corrected chi connectivity index (χ1v) is 16.4. The predicted molar refractivity (Wildman–Crippen MR) is 183 cm³/mol. The third-order valence-corrected chi connectivity index (χ3v) is 8.82. The number of hydrogen-bond acceptors (Lipinski definition) is 18. The van der Waals surface area contributed by atoms with Crippen LogP contribution in [0.5, 0.6) is 28.7 Å². The van der Waals surface area contributed by atoms with E-state index in [2.05, 4.69) is 0 Å². The van der Waals surface area contributed by atoms with E-state index < -0.39 is 113 Å². The molecule has 54 heavy (non-hydrogen) atoms. The van der Waals surface area contributed by atoms with Crippen molar-refractivity contribution in [1.82, 2.24) is 0 Å². The Morgan fingerprint density at radius 1 is 0.648 bits per heavy atom. The molecule has 0 aliphatic carbocycles. The van der Waals surface area contributed by atoms with Gasteiger partial charge in [0.2, 0.25) is 17.5 Å². The van der Waals surface area contributed by atoms with Crippen LogP contribution in [0.25, 0.3) is 33.3 Å². The van der Waals surface area contributed by atoms with Crippen LogP contribution in [0.2, 0.25) is 0 Å². The summed E-state index contributed by atoms with van der Waals surface area (Å²) in [6.45, 7) is 0.818. The first kappa shape index (κ1) is 38.4. The lowest BCUT2D eigenvalue weighted by Crippen LogP contribution is -2.61. The Balaban J connectivity index is 0.000000384. The van der Waals surface area contributed by atoms with Crippen molar-refractivity contribution in [3.8, 4) is 40.1 Å². The van der Waals surface area contributed by atoms with Gasteiger partial charge >= 0.3 is 5.63 Å². The van der Waals surface area contributed by atoms with E-state index in [0.29, 0.717) is 5.58 Å². The highest BCUT2D eigenvalue weighted by Crippen LogP contribution is 2.39. The van der Waals surface area contributed by atoms with Crippen LogP contribution in [0, 0.1) is 0 Å². The molecule has 10 atom stereocenters. The van der Waals surface area contributed by atoms with E-state index in [1.807, 2.05) is 18.2 Å². The molecular formula is C36H36O18. The maximum Gasteiger partial charge on any atom is 0.336 e. The van der Waals surface area contributed by atoms with Gasteiger partial charge in [-0.25, -0.2) is 4.79 Å². The third-order valence-electron chi connectivity index (χ3n) is 8.82. The molecule has 0 spiro atoms. The molecule has 3 aromatic carbocycles. The number of fused-ring (bicyclic) bond motifs is 2. The van der Waals surface area contributed by atoms with Gasteiger partial charge in [-0.2, -0.15) is 0 Å². The number of rotatable bonds is 6. The number of ether oxygens (including phenoxy) is 4. The van der Waals surface area contributed by atoms with Crippen molar-refractivity contribution >= 4 is 21.9 Å². The van der Waals surface area contributed by atoms with Gasteiger partial charge in [0.1, 0.15) is 70.8 Å². The number of aromatic hydroxyl groups is 4. The molecule has 0 radical (unpaired) electrons. The molecule has 2 fully saturated rings. The molecule has 2 aliphatic rings. The van der Waals surface area contributed by atoms with Gasteiger partial charge in [0.25, 0.3) is 0 Å². The summed E-state index contributed by atoms with van der Waals surface area (Å²) in [5.41, 5.74) is -1.01. The van der Waals surface area contributed by atoms with E-state index in [-0.39, 0.29) is 16.8 Å². The SMILES string of the molecule is C[C@@H]1O[C@@H](OC[C@H]2O[C@@H](Oc3c(-c4ccc(O)c(O)c4)oc4cc(O)cc(O)c4c3=O)[C@H](O)[C@@H](O)[C@@H]2O)[C@H](O)[C@H](O)[C@H]1O.O=c1ccc2ccccc2o1. The van der Waals surface area contributed by atoms with Crippen LogP contribution in [0.4, 0.5) is 0 Å². The third kappa shape index (κ3) is 7.69. The average Bonchev–Trinajstić information content (AvgIpc) is 3.14. The predicted octanol–water partition coefficient (Wildman–Crippen LogP) is 0.106. The van der Waals surface area contributed by atoms with Crippen molar-refractivity contribution in [2.45, 2.75) is 68.3 Å². The normalized spacial score (nSPS) is 28.4. The van der Waals surface area contributed by atoms with Crippen molar-refractivity contribution in [2.24, 2.45) is 0 Å². The quantitative estimate of drug-likeness (QED) is 0.0812. The first-order chi connectivity index (χ1) is 25.6. The molecule has 7 rings (SSSR count). The summed E-state index contributed by atoms with van der Waals surface area (Å²) in [6.07, 6.45) is -16.2. The van der Waals surface area contributed by atoms with Crippen LogP contribution in [0.1, 0.15) is 6.92 Å². The topological polar surface area (TPSA) is 300 Å². The lowest BCUT2D eigenvalue weighted by atomic mass is 9.98. The summed E-state index contributed by atoms with van der Waals surface area (Å²) in [5, 5.41) is 102.